The molecule has 0 fully saturated rings. The smallest absolute Gasteiger partial charge is 0.120 e. The second-order valence-electron chi connectivity index (χ2n) is 6.13. The van der Waals surface area contributed by atoms with Crippen LogP contribution in [0.4, 0.5) is 0 Å². The van der Waals surface area contributed by atoms with Crippen LogP contribution < -0.4 is 0 Å². The topological polar surface area (TPSA) is 20.2 Å². The fourth-order valence-corrected chi connectivity index (χ4v) is 6.36. The summed E-state index contributed by atoms with van der Waals surface area (Å²) in [5, 5.41) is 0. The average Bonchev–Trinajstić information content (AvgIpc) is 2.61. The van der Waals surface area contributed by atoms with Gasteiger partial charge in [-0.15, -0.1) is 0 Å². The quantitative estimate of drug-likeness (QED) is 0.714. The third kappa shape index (κ3) is 1.48. The van der Waals surface area contributed by atoms with Crippen molar-refractivity contribution in [3.8, 4) is 0 Å². The second kappa shape index (κ2) is 4.60. The molecule has 2 bridgehead atoms. The molecule has 3 aliphatic carbocycles. The van der Waals surface area contributed by atoms with Crippen LogP contribution in [0.15, 0.2) is 72.8 Å². The van der Waals surface area contributed by atoms with E-state index in [1.807, 2.05) is 0 Å². The number of hydrogen-bond acceptors (Lipinski definition) is 1. The summed E-state index contributed by atoms with van der Waals surface area (Å²) >= 11 is 5.55. The summed E-state index contributed by atoms with van der Waals surface area (Å²) in [7, 11) is -1.22. The summed E-state index contributed by atoms with van der Waals surface area (Å²) < 4.78 is 10.2. The molecule has 1 atom stereocenters. The van der Waals surface area contributed by atoms with Crippen LogP contribution in [0.5, 0.6) is 0 Å². The first-order valence-corrected chi connectivity index (χ1v) is 9.76. The molecular formula is C20H14OS2. The summed E-state index contributed by atoms with van der Waals surface area (Å²) in [5.74, 6) is 0.235. The molecule has 3 aliphatic rings. The van der Waals surface area contributed by atoms with Gasteiger partial charge in [0.25, 0.3) is 0 Å². The van der Waals surface area contributed by atoms with E-state index < -0.39 is 14.5 Å². The lowest BCUT2D eigenvalue weighted by Crippen LogP contribution is -2.44. The van der Waals surface area contributed by atoms with E-state index >= 15 is 0 Å². The molecule has 23 heavy (non-hydrogen) atoms. The van der Waals surface area contributed by atoms with Crippen molar-refractivity contribution in [2.45, 2.75) is 10.7 Å². The second-order valence-corrected chi connectivity index (χ2v) is 8.18. The SMILES string of the molecule is OS(=S)C12c3ccccc3C(c3ccccc31)c1ccccc12. The van der Waals surface area contributed by atoms with Crippen LogP contribution in [-0.4, -0.2) is 4.55 Å². The largest absolute Gasteiger partial charge is 0.326 e. The standard InChI is InChI=1S/C20H14OS2/c21-23(22)20-16-10-4-1-7-13(16)19(14-8-2-5-11-17(14)20)15-9-3-6-12-18(15)20/h1-12,19H,(H,21,22). The molecule has 0 saturated heterocycles. The van der Waals surface area contributed by atoms with E-state index in [0.29, 0.717) is 0 Å². The highest BCUT2D eigenvalue weighted by Crippen LogP contribution is 2.59. The summed E-state index contributed by atoms with van der Waals surface area (Å²) in [5.41, 5.74) is 7.35. The average molecular weight is 334 g/mol. The highest BCUT2D eigenvalue weighted by atomic mass is 32.8. The zero-order valence-corrected chi connectivity index (χ0v) is 13.9. The van der Waals surface area contributed by atoms with Crippen molar-refractivity contribution in [3.63, 3.8) is 0 Å². The van der Waals surface area contributed by atoms with Crippen LogP contribution in [0.25, 0.3) is 0 Å². The fourth-order valence-electron chi connectivity index (χ4n) is 4.43. The van der Waals surface area contributed by atoms with Crippen LogP contribution in [0, 0.1) is 0 Å². The molecule has 0 heterocycles. The lowest BCUT2D eigenvalue weighted by atomic mass is 9.60. The maximum atomic E-state index is 10.8. The normalized spacial score (nSPS) is 24.5. The van der Waals surface area contributed by atoms with Crippen LogP contribution in [-0.2, 0) is 25.7 Å². The van der Waals surface area contributed by atoms with Gasteiger partial charge in [0.05, 0.1) is 0 Å². The van der Waals surface area contributed by atoms with Gasteiger partial charge in [0.1, 0.15) is 4.75 Å². The Morgan fingerprint density at radius 1 is 0.696 bits per heavy atom. The van der Waals surface area contributed by atoms with Gasteiger partial charge in [-0.25, -0.2) is 0 Å². The first-order chi connectivity index (χ1) is 11.3. The Balaban J connectivity index is 2.04. The van der Waals surface area contributed by atoms with E-state index in [9.17, 15) is 4.55 Å². The zero-order chi connectivity index (χ0) is 15.6. The van der Waals surface area contributed by atoms with E-state index in [0.717, 1.165) is 0 Å². The molecule has 0 aliphatic heterocycles. The Hall–Kier alpha value is -1.81. The Morgan fingerprint density at radius 3 is 1.39 bits per heavy atom. The van der Waals surface area contributed by atoms with Crippen molar-refractivity contribution >= 4 is 20.9 Å². The zero-order valence-electron chi connectivity index (χ0n) is 12.3. The predicted molar refractivity (Wildman–Crippen MR) is 97.5 cm³/mol. The van der Waals surface area contributed by atoms with Gasteiger partial charge in [0.2, 0.25) is 0 Å². The van der Waals surface area contributed by atoms with Crippen molar-refractivity contribution in [1.82, 2.24) is 0 Å². The van der Waals surface area contributed by atoms with Crippen LogP contribution >= 0.6 is 0 Å². The third-order valence-corrected chi connectivity index (χ3v) is 7.15. The molecule has 1 nitrogen and oxygen atoms in total. The first kappa shape index (κ1) is 13.6. The fraction of sp³-hybridized carbons (Fsp3) is 0.100. The van der Waals surface area contributed by atoms with Gasteiger partial charge in [-0.3, -0.25) is 0 Å². The van der Waals surface area contributed by atoms with Crippen LogP contribution in [0.2, 0.25) is 0 Å². The summed E-state index contributed by atoms with van der Waals surface area (Å²) in [6, 6.07) is 25.3. The molecule has 0 spiro atoms. The van der Waals surface area contributed by atoms with Gasteiger partial charge in [-0.1, -0.05) is 72.8 Å². The molecule has 6 rings (SSSR count). The highest BCUT2D eigenvalue weighted by molar-refractivity contribution is 8.26. The summed E-state index contributed by atoms with van der Waals surface area (Å²) in [6.07, 6.45) is 0. The van der Waals surface area contributed by atoms with Crippen molar-refractivity contribution in [3.05, 3.63) is 106 Å². The molecule has 0 saturated carbocycles. The van der Waals surface area contributed by atoms with Crippen molar-refractivity contribution in [2.75, 3.05) is 0 Å². The molecule has 0 aromatic heterocycles. The minimum absolute atomic E-state index is 0.235. The first-order valence-electron chi connectivity index (χ1n) is 7.65. The van der Waals surface area contributed by atoms with E-state index in [2.05, 4.69) is 72.8 Å². The van der Waals surface area contributed by atoms with Crippen molar-refractivity contribution < 1.29 is 4.55 Å². The summed E-state index contributed by atoms with van der Waals surface area (Å²) in [6.45, 7) is 0. The lowest BCUT2D eigenvalue weighted by Gasteiger charge is -2.49. The van der Waals surface area contributed by atoms with E-state index in [1.54, 1.807) is 0 Å². The molecule has 3 aromatic carbocycles. The Morgan fingerprint density at radius 2 is 1.04 bits per heavy atom. The van der Waals surface area contributed by atoms with Crippen LogP contribution in [0.1, 0.15) is 39.3 Å². The molecule has 112 valence electrons. The van der Waals surface area contributed by atoms with Crippen molar-refractivity contribution in [2.24, 2.45) is 0 Å². The summed E-state index contributed by atoms with van der Waals surface area (Å²) in [4.78, 5) is 0. The minimum atomic E-state index is -1.22. The van der Waals surface area contributed by atoms with E-state index in [4.69, 9.17) is 11.2 Å². The van der Waals surface area contributed by atoms with Gasteiger partial charge in [-0.2, -0.15) is 0 Å². The monoisotopic (exact) mass is 334 g/mol. The van der Waals surface area contributed by atoms with E-state index in [-0.39, 0.29) is 5.92 Å². The Kier molecular flexibility index (Phi) is 2.72. The maximum absolute atomic E-state index is 10.8. The number of benzene rings is 3. The predicted octanol–water partition coefficient (Wildman–Crippen LogP) is 4.34. The minimum Gasteiger partial charge on any atom is -0.326 e. The third-order valence-electron chi connectivity index (χ3n) is 5.22. The van der Waals surface area contributed by atoms with Gasteiger partial charge in [0, 0.05) is 15.7 Å². The van der Waals surface area contributed by atoms with Gasteiger partial charge in [-0.05, 0) is 44.6 Å². The Labute approximate surface area is 142 Å². The number of hydrogen-bond donors (Lipinski definition) is 1. The lowest BCUT2D eigenvalue weighted by molar-refractivity contribution is 0.608. The molecule has 0 amide bonds. The van der Waals surface area contributed by atoms with E-state index in [1.165, 1.54) is 33.4 Å². The molecule has 1 unspecified atom stereocenters. The molecule has 3 aromatic rings. The Bertz CT molecular complexity index is 861. The molecule has 1 N–H and O–H groups in total. The van der Waals surface area contributed by atoms with Gasteiger partial charge < -0.3 is 4.55 Å². The molecular weight excluding hydrogens is 320 g/mol. The number of rotatable bonds is 1. The maximum Gasteiger partial charge on any atom is 0.120 e. The highest BCUT2D eigenvalue weighted by Gasteiger charge is 2.53. The van der Waals surface area contributed by atoms with Crippen LogP contribution in [0.3, 0.4) is 0 Å². The van der Waals surface area contributed by atoms with Crippen molar-refractivity contribution in [1.29, 1.82) is 0 Å². The van der Waals surface area contributed by atoms with Gasteiger partial charge in [0.15, 0.2) is 0 Å². The molecule has 3 heteroatoms. The molecule has 0 radical (unpaired) electrons. The van der Waals surface area contributed by atoms with Gasteiger partial charge >= 0.3 is 0 Å².